The van der Waals surface area contributed by atoms with Gasteiger partial charge in [-0.1, -0.05) is 0 Å². The third-order valence-corrected chi connectivity index (χ3v) is 4.28. The van der Waals surface area contributed by atoms with Gasteiger partial charge in [0.2, 0.25) is 0 Å². The van der Waals surface area contributed by atoms with Crippen LogP contribution in [0.5, 0.6) is 11.5 Å². The molecule has 5 nitrogen and oxygen atoms in total. The number of ether oxygens (including phenoxy) is 2. The van der Waals surface area contributed by atoms with Gasteiger partial charge >= 0.3 is 0 Å². The molecular formula is C18H22N2O3. The highest BCUT2D eigenvalue weighted by molar-refractivity contribution is 6.05. The van der Waals surface area contributed by atoms with Gasteiger partial charge in [0.05, 0.1) is 19.8 Å². The van der Waals surface area contributed by atoms with Crippen molar-refractivity contribution in [3.05, 3.63) is 41.2 Å². The number of nitrogens with zero attached hydrogens (tertiary/aromatic N) is 1. The molecule has 1 N–H and O–H groups in total. The van der Waals surface area contributed by atoms with Crippen molar-refractivity contribution >= 4 is 11.6 Å². The lowest BCUT2D eigenvalue weighted by atomic mass is 10.2. The monoisotopic (exact) mass is 314 g/mol. The first-order valence-electron chi connectivity index (χ1n) is 7.77. The predicted molar refractivity (Wildman–Crippen MR) is 89.7 cm³/mol. The van der Waals surface area contributed by atoms with E-state index in [1.807, 2.05) is 13.0 Å². The third-order valence-electron chi connectivity index (χ3n) is 4.28. The van der Waals surface area contributed by atoms with E-state index in [4.69, 9.17) is 9.47 Å². The van der Waals surface area contributed by atoms with Crippen molar-refractivity contribution in [3.63, 3.8) is 0 Å². The van der Waals surface area contributed by atoms with Crippen LogP contribution in [0.25, 0.3) is 0 Å². The first kappa shape index (κ1) is 15.5. The molecule has 1 aliphatic carbocycles. The number of hydrogen-bond acceptors (Lipinski definition) is 3. The molecule has 0 radical (unpaired) electrons. The van der Waals surface area contributed by atoms with Gasteiger partial charge in [0, 0.05) is 29.2 Å². The van der Waals surface area contributed by atoms with Gasteiger partial charge in [0.1, 0.15) is 0 Å². The largest absolute Gasteiger partial charge is 0.493 e. The zero-order valence-corrected chi connectivity index (χ0v) is 14.0. The molecular weight excluding hydrogens is 292 g/mol. The highest BCUT2D eigenvalue weighted by Gasteiger charge is 2.28. The van der Waals surface area contributed by atoms with Gasteiger partial charge in [-0.25, -0.2) is 0 Å². The molecule has 5 heteroatoms. The van der Waals surface area contributed by atoms with Crippen LogP contribution in [0.3, 0.4) is 0 Å². The van der Waals surface area contributed by atoms with Crippen LogP contribution in [0.1, 0.15) is 40.6 Å². The Bertz CT molecular complexity index is 745. The Hall–Kier alpha value is -2.43. The normalized spacial score (nSPS) is 13.7. The molecule has 3 rings (SSSR count). The van der Waals surface area contributed by atoms with Crippen LogP contribution in [0.15, 0.2) is 24.3 Å². The fourth-order valence-corrected chi connectivity index (χ4v) is 3.01. The predicted octanol–water partition coefficient (Wildman–Crippen LogP) is 3.71. The Labute approximate surface area is 136 Å². The van der Waals surface area contributed by atoms with Crippen LogP contribution in [0.4, 0.5) is 5.69 Å². The topological polar surface area (TPSA) is 52.5 Å². The Morgan fingerprint density at radius 2 is 1.83 bits per heavy atom. The van der Waals surface area contributed by atoms with E-state index >= 15 is 0 Å². The lowest BCUT2D eigenvalue weighted by Gasteiger charge is -2.11. The summed E-state index contributed by atoms with van der Waals surface area (Å²) in [4.78, 5) is 12.6. The molecule has 1 aromatic carbocycles. The summed E-state index contributed by atoms with van der Waals surface area (Å²) in [6.45, 7) is 4.06. The molecule has 1 fully saturated rings. The van der Waals surface area contributed by atoms with Gasteiger partial charge in [0.15, 0.2) is 11.5 Å². The number of aromatic nitrogens is 1. The Kier molecular flexibility index (Phi) is 4.03. The van der Waals surface area contributed by atoms with Crippen molar-refractivity contribution in [1.82, 2.24) is 4.57 Å². The quantitative estimate of drug-likeness (QED) is 0.915. The molecule has 23 heavy (non-hydrogen) atoms. The summed E-state index contributed by atoms with van der Waals surface area (Å²) >= 11 is 0. The Balaban J connectivity index is 1.83. The molecule has 0 spiro atoms. The molecule has 2 aromatic rings. The van der Waals surface area contributed by atoms with Crippen molar-refractivity contribution < 1.29 is 14.3 Å². The van der Waals surface area contributed by atoms with Crippen LogP contribution < -0.4 is 14.8 Å². The van der Waals surface area contributed by atoms with Crippen molar-refractivity contribution in [1.29, 1.82) is 0 Å². The average molecular weight is 314 g/mol. The lowest BCUT2D eigenvalue weighted by molar-refractivity contribution is 0.102. The summed E-state index contributed by atoms with van der Waals surface area (Å²) in [6, 6.07) is 7.87. The van der Waals surface area contributed by atoms with Crippen LogP contribution >= 0.6 is 0 Å². The molecule has 1 amide bonds. The molecule has 0 atom stereocenters. The molecule has 1 aliphatic rings. The molecule has 1 heterocycles. The molecule has 122 valence electrons. The van der Waals surface area contributed by atoms with Gasteiger partial charge in [-0.05, 0) is 44.9 Å². The molecule has 1 aromatic heterocycles. The number of carbonyl (C=O) groups excluding carboxylic acids is 1. The maximum atomic E-state index is 12.6. The third kappa shape index (κ3) is 2.91. The molecule has 0 bridgehead atoms. The van der Waals surface area contributed by atoms with E-state index in [0.29, 0.717) is 23.2 Å². The zero-order valence-electron chi connectivity index (χ0n) is 14.0. The SMILES string of the molecule is COc1ccc(NC(=O)c2cc(C)n(C3CC3)c2C)cc1OC. The highest BCUT2D eigenvalue weighted by Crippen LogP contribution is 2.38. The van der Waals surface area contributed by atoms with Gasteiger partial charge in [-0.15, -0.1) is 0 Å². The smallest absolute Gasteiger partial charge is 0.257 e. The van der Waals surface area contributed by atoms with Gasteiger partial charge < -0.3 is 19.4 Å². The number of benzene rings is 1. The highest BCUT2D eigenvalue weighted by atomic mass is 16.5. The summed E-state index contributed by atoms with van der Waals surface area (Å²) in [7, 11) is 3.16. The van der Waals surface area contributed by atoms with Crippen LogP contribution in [-0.2, 0) is 0 Å². The standard InChI is InChI=1S/C18H22N2O3/c1-11-9-15(12(2)20(11)14-6-7-14)18(21)19-13-5-8-16(22-3)17(10-13)23-4/h5,8-10,14H,6-7H2,1-4H3,(H,19,21). The summed E-state index contributed by atoms with van der Waals surface area (Å²) in [5.41, 5.74) is 3.58. The average Bonchev–Trinajstić information content (AvgIpc) is 3.32. The van der Waals surface area contributed by atoms with E-state index < -0.39 is 0 Å². The van der Waals surface area contributed by atoms with Crippen LogP contribution in [0.2, 0.25) is 0 Å². The Morgan fingerprint density at radius 3 is 2.43 bits per heavy atom. The number of carbonyl (C=O) groups is 1. The van der Waals surface area contributed by atoms with Gasteiger partial charge in [-0.3, -0.25) is 4.79 Å². The van der Waals surface area contributed by atoms with E-state index in [-0.39, 0.29) is 5.91 Å². The van der Waals surface area contributed by atoms with E-state index in [1.165, 1.54) is 12.8 Å². The number of rotatable bonds is 5. The number of amides is 1. The molecule has 0 unspecified atom stereocenters. The molecule has 0 saturated heterocycles. The fraction of sp³-hybridized carbons (Fsp3) is 0.389. The summed E-state index contributed by atoms with van der Waals surface area (Å²) < 4.78 is 12.7. The minimum Gasteiger partial charge on any atom is -0.493 e. The van der Waals surface area contributed by atoms with E-state index in [1.54, 1.807) is 32.4 Å². The van der Waals surface area contributed by atoms with E-state index in [2.05, 4.69) is 16.8 Å². The summed E-state index contributed by atoms with van der Waals surface area (Å²) in [6.07, 6.45) is 2.40. The molecule has 1 saturated carbocycles. The fourth-order valence-electron chi connectivity index (χ4n) is 3.01. The van der Waals surface area contributed by atoms with Crippen molar-refractivity contribution in [2.75, 3.05) is 19.5 Å². The Morgan fingerprint density at radius 1 is 1.13 bits per heavy atom. The first-order chi connectivity index (χ1) is 11.0. The van der Waals surface area contributed by atoms with Gasteiger partial charge in [-0.2, -0.15) is 0 Å². The molecule has 0 aliphatic heterocycles. The summed E-state index contributed by atoms with van der Waals surface area (Å²) in [5.74, 6) is 1.13. The van der Waals surface area contributed by atoms with E-state index in [9.17, 15) is 4.79 Å². The van der Waals surface area contributed by atoms with Crippen molar-refractivity contribution in [2.24, 2.45) is 0 Å². The number of aryl methyl sites for hydroxylation is 1. The number of hydrogen-bond donors (Lipinski definition) is 1. The number of nitrogens with one attached hydrogen (secondary N) is 1. The zero-order chi connectivity index (χ0) is 16.6. The first-order valence-corrected chi connectivity index (χ1v) is 7.77. The van der Waals surface area contributed by atoms with E-state index in [0.717, 1.165) is 17.0 Å². The second-order valence-corrected chi connectivity index (χ2v) is 5.91. The number of methoxy groups -OCH3 is 2. The van der Waals surface area contributed by atoms with Crippen molar-refractivity contribution in [2.45, 2.75) is 32.7 Å². The summed E-state index contributed by atoms with van der Waals surface area (Å²) in [5, 5.41) is 2.94. The maximum absolute atomic E-state index is 12.6. The van der Waals surface area contributed by atoms with Crippen LogP contribution in [-0.4, -0.2) is 24.7 Å². The minimum atomic E-state index is -0.0998. The second-order valence-electron chi connectivity index (χ2n) is 5.91. The second kappa shape index (κ2) is 5.99. The number of anilines is 1. The van der Waals surface area contributed by atoms with Crippen molar-refractivity contribution in [3.8, 4) is 11.5 Å². The maximum Gasteiger partial charge on any atom is 0.257 e. The lowest BCUT2D eigenvalue weighted by Crippen LogP contribution is -2.13. The van der Waals surface area contributed by atoms with Crippen LogP contribution in [0, 0.1) is 13.8 Å². The van der Waals surface area contributed by atoms with Gasteiger partial charge in [0.25, 0.3) is 5.91 Å². The minimum absolute atomic E-state index is 0.0998.